The van der Waals surface area contributed by atoms with Crippen LogP contribution in [0.2, 0.25) is 0 Å². The van der Waals surface area contributed by atoms with Gasteiger partial charge < -0.3 is 10.3 Å². The van der Waals surface area contributed by atoms with Crippen molar-refractivity contribution in [2.75, 3.05) is 0 Å². The van der Waals surface area contributed by atoms with E-state index in [0.29, 0.717) is 18.1 Å². The van der Waals surface area contributed by atoms with Crippen LogP contribution in [-0.4, -0.2) is 15.1 Å². The van der Waals surface area contributed by atoms with E-state index in [1.807, 2.05) is 42.5 Å². The van der Waals surface area contributed by atoms with Crippen LogP contribution in [0.3, 0.4) is 0 Å². The maximum Gasteiger partial charge on any atom is 0.228 e. The Hall–Kier alpha value is -2.53. The maximum absolute atomic E-state index is 6.14. The summed E-state index contributed by atoms with van der Waals surface area (Å²) < 4.78 is 5.25. The van der Waals surface area contributed by atoms with Crippen molar-refractivity contribution in [3.8, 4) is 11.4 Å². The lowest BCUT2D eigenvalue weighted by Crippen LogP contribution is -2.13. The van der Waals surface area contributed by atoms with Gasteiger partial charge in [-0.15, -0.1) is 0 Å². The number of hydrogen-bond acceptors (Lipinski definition) is 5. The monoisotopic (exact) mass is 266 g/mol. The van der Waals surface area contributed by atoms with Gasteiger partial charge >= 0.3 is 0 Å². The summed E-state index contributed by atoms with van der Waals surface area (Å²) in [5.41, 5.74) is 8.07. The van der Waals surface area contributed by atoms with Crippen LogP contribution >= 0.6 is 0 Å². The second-order valence-electron chi connectivity index (χ2n) is 4.47. The van der Waals surface area contributed by atoms with E-state index in [4.69, 9.17) is 10.3 Å². The number of pyridine rings is 1. The zero-order chi connectivity index (χ0) is 13.8. The van der Waals surface area contributed by atoms with Gasteiger partial charge in [-0.3, -0.25) is 4.98 Å². The summed E-state index contributed by atoms with van der Waals surface area (Å²) in [7, 11) is 0. The third kappa shape index (κ3) is 2.73. The number of hydrogen-bond donors (Lipinski definition) is 1. The van der Waals surface area contributed by atoms with Gasteiger partial charge in [0.25, 0.3) is 0 Å². The molecule has 0 aliphatic heterocycles. The highest BCUT2D eigenvalue weighted by Gasteiger charge is 2.13. The molecule has 0 saturated carbocycles. The van der Waals surface area contributed by atoms with Gasteiger partial charge in [0.15, 0.2) is 0 Å². The minimum Gasteiger partial charge on any atom is -0.339 e. The molecule has 2 heterocycles. The first kappa shape index (κ1) is 12.5. The standard InChI is InChI=1S/C15H14N4O/c16-13(11-4-2-1-3-5-11)10-14-18-15(19-20-14)12-6-8-17-9-7-12/h1-9,13H,10,16H2/t13-/m0/s1. The normalized spacial score (nSPS) is 12.2. The highest BCUT2D eigenvalue weighted by Crippen LogP contribution is 2.18. The lowest BCUT2D eigenvalue weighted by Gasteiger charge is -2.08. The maximum atomic E-state index is 6.14. The Morgan fingerprint density at radius 1 is 1.05 bits per heavy atom. The number of rotatable bonds is 4. The van der Waals surface area contributed by atoms with Crippen molar-refractivity contribution in [3.63, 3.8) is 0 Å². The molecule has 2 aromatic heterocycles. The van der Waals surface area contributed by atoms with E-state index in [-0.39, 0.29) is 6.04 Å². The first-order valence-electron chi connectivity index (χ1n) is 6.36. The molecule has 0 saturated heterocycles. The van der Waals surface area contributed by atoms with Crippen LogP contribution in [0.1, 0.15) is 17.5 Å². The molecular formula is C15H14N4O. The molecule has 1 aromatic carbocycles. The number of nitrogens with zero attached hydrogens (tertiary/aromatic N) is 3. The molecule has 5 heteroatoms. The molecule has 0 fully saturated rings. The first-order chi connectivity index (χ1) is 9.83. The van der Waals surface area contributed by atoms with Crippen LogP contribution in [0.5, 0.6) is 0 Å². The molecular weight excluding hydrogens is 252 g/mol. The molecule has 3 rings (SSSR count). The molecule has 0 unspecified atom stereocenters. The second-order valence-corrected chi connectivity index (χ2v) is 4.47. The van der Waals surface area contributed by atoms with Crippen molar-refractivity contribution in [2.45, 2.75) is 12.5 Å². The lowest BCUT2D eigenvalue weighted by atomic mass is 10.1. The Balaban J connectivity index is 1.75. The lowest BCUT2D eigenvalue weighted by molar-refractivity contribution is 0.370. The number of benzene rings is 1. The van der Waals surface area contributed by atoms with Gasteiger partial charge in [0.2, 0.25) is 11.7 Å². The smallest absolute Gasteiger partial charge is 0.228 e. The summed E-state index contributed by atoms with van der Waals surface area (Å²) in [5, 5.41) is 3.96. The molecule has 5 nitrogen and oxygen atoms in total. The van der Waals surface area contributed by atoms with Gasteiger partial charge in [-0.2, -0.15) is 4.98 Å². The van der Waals surface area contributed by atoms with Crippen molar-refractivity contribution < 1.29 is 4.52 Å². The molecule has 0 radical (unpaired) electrons. The molecule has 20 heavy (non-hydrogen) atoms. The van der Waals surface area contributed by atoms with E-state index in [9.17, 15) is 0 Å². The molecule has 0 aliphatic carbocycles. The Kier molecular flexibility index (Phi) is 3.52. The number of nitrogens with two attached hydrogens (primary N) is 1. The number of aromatic nitrogens is 3. The average molecular weight is 266 g/mol. The summed E-state index contributed by atoms with van der Waals surface area (Å²) >= 11 is 0. The molecule has 0 bridgehead atoms. The zero-order valence-corrected chi connectivity index (χ0v) is 10.8. The largest absolute Gasteiger partial charge is 0.339 e. The van der Waals surface area contributed by atoms with Crippen molar-refractivity contribution in [1.82, 2.24) is 15.1 Å². The van der Waals surface area contributed by atoms with Crippen molar-refractivity contribution >= 4 is 0 Å². The average Bonchev–Trinajstić information content (AvgIpc) is 2.97. The second kappa shape index (κ2) is 5.63. The van der Waals surface area contributed by atoms with Gasteiger partial charge in [0.1, 0.15) is 0 Å². The van der Waals surface area contributed by atoms with E-state index < -0.39 is 0 Å². The van der Waals surface area contributed by atoms with Crippen LogP contribution in [0.15, 0.2) is 59.4 Å². The van der Waals surface area contributed by atoms with E-state index >= 15 is 0 Å². The predicted molar refractivity (Wildman–Crippen MR) is 74.6 cm³/mol. The Bertz CT molecular complexity index is 667. The van der Waals surface area contributed by atoms with E-state index in [0.717, 1.165) is 11.1 Å². The molecule has 0 spiro atoms. The van der Waals surface area contributed by atoms with Gasteiger partial charge in [-0.1, -0.05) is 35.5 Å². The van der Waals surface area contributed by atoms with Crippen molar-refractivity contribution in [2.24, 2.45) is 5.73 Å². The summed E-state index contributed by atoms with van der Waals surface area (Å²) in [6, 6.07) is 13.4. The highest BCUT2D eigenvalue weighted by atomic mass is 16.5. The first-order valence-corrected chi connectivity index (χ1v) is 6.36. The molecule has 0 amide bonds. The summed E-state index contributed by atoms with van der Waals surface area (Å²) in [6.45, 7) is 0. The predicted octanol–water partition coefficient (Wildman–Crippen LogP) is 2.37. The fraction of sp³-hybridized carbons (Fsp3) is 0.133. The van der Waals surface area contributed by atoms with Crippen LogP contribution in [-0.2, 0) is 6.42 Å². The van der Waals surface area contributed by atoms with Crippen LogP contribution in [0.4, 0.5) is 0 Å². The minimum atomic E-state index is -0.151. The molecule has 0 aliphatic rings. The fourth-order valence-corrected chi connectivity index (χ4v) is 1.96. The topological polar surface area (TPSA) is 77.8 Å². The minimum absolute atomic E-state index is 0.151. The quantitative estimate of drug-likeness (QED) is 0.784. The Morgan fingerprint density at radius 3 is 2.55 bits per heavy atom. The van der Waals surface area contributed by atoms with Gasteiger partial charge in [0, 0.05) is 30.4 Å². The third-order valence-electron chi connectivity index (χ3n) is 3.03. The van der Waals surface area contributed by atoms with E-state index in [1.165, 1.54) is 0 Å². The molecule has 2 N–H and O–H groups in total. The van der Waals surface area contributed by atoms with Gasteiger partial charge in [0.05, 0.1) is 0 Å². The van der Waals surface area contributed by atoms with Gasteiger partial charge in [-0.05, 0) is 17.7 Å². The molecule has 100 valence electrons. The van der Waals surface area contributed by atoms with Crippen LogP contribution in [0.25, 0.3) is 11.4 Å². The highest BCUT2D eigenvalue weighted by molar-refractivity contribution is 5.52. The van der Waals surface area contributed by atoms with Crippen molar-refractivity contribution in [1.29, 1.82) is 0 Å². The summed E-state index contributed by atoms with van der Waals surface area (Å²) in [6.07, 6.45) is 3.91. The van der Waals surface area contributed by atoms with Gasteiger partial charge in [-0.25, -0.2) is 0 Å². The molecule has 1 atom stereocenters. The SMILES string of the molecule is N[C@@H](Cc1nc(-c2ccncc2)no1)c1ccccc1. The van der Waals surface area contributed by atoms with E-state index in [1.54, 1.807) is 12.4 Å². The zero-order valence-electron chi connectivity index (χ0n) is 10.8. The van der Waals surface area contributed by atoms with Crippen LogP contribution in [0, 0.1) is 0 Å². The fourth-order valence-electron chi connectivity index (χ4n) is 1.96. The Labute approximate surface area is 116 Å². The van der Waals surface area contributed by atoms with Crippen molar-refractivity contribution in [3.05, 3.63) is 66.3 Å². The third-order valence-corrected chi connectivity index (χ3v) is 3.03. The molecule has 3 aromatic rings. The summed E-state index contributed by atoms with van der Waals surface area (Å²) in [5.74, 6) is 1.09. The van der Waals surface area contributed by atoms with E-state index in [2.05, 4.69) is 15.1 Å². The van der Waals surface area contributed by atoms with Crippen LogP contribution < -0.4 is 5.73 Å². The summed E-state index contributed by atoms with van der Waals surface area (Å²) in [4.78, 5) is 8.32. The Morgan fingerprint density at radius 2 is 1.80 bits per heavy atom.